The van der Waals surface area contributed by atoms with Gasteiger partial charge < -0.3 is 10.6 Å². The Morgan fingerprint density at radius 1 is 1.32 bits per heavy atom. The summed E-state index contributed by atoms with van der Waals surface area (Å²) in [7, 11) is 1.69. The summed E-state index contributed by atoms with van der Waals surface area (Å²) < 4.78 is 14.0. The van der Waals surface area contributed by atoms with Crippen LogP contribution in [0.1, 0.15) is 10.5 Å². The van der Waals surface area contributed by atoms with Gasteiger partial charge in [-0.05, 0) is 28.1 Å². The Balaban J connectivity index is 2.20. The molecule has 1 amide bonds. The molecule has 1 heterocycles. The van der Waals surface area contributed by atoms with Crippen molar-refractivity contribution in [2.45, 2.75) is 0 Å². The van der Waals surface area contributed by atoms with Gasteiger partial charge in [-0.15, -0.1) is 0 Å². The fraction of sp³-hybridized carbons (Fsp3) is 0.0833. The molecule has 0 spiro atoms. The van der Waals surface area contributed by atoms with Gasteiger partial charge in [0, 0.05) is 11.5 Å². The molecule has 2 rings (SSSR count). The Hall–Kier alpha value is -2.02. The highest BCUT2D eigenvalue weighted by atomic mass is 79.9. The van der Waals surface area contributed by atoms with Crippen LogP contribution in [0.15, 0.2) is 35.1 Å². The number of hydrogen-bond acceptors (Lipinski definition) is 4. The van der Waals surface area contributed by atoms with Gasteiger partial charge in [-0.25, -0.2) is 14.4 Å². The van der Waals surface area contributed by atoms with Crippen molar-refractivity contribution < 1.29 is 9.18 Å². The van der Waals surface area contributed by atoms with E-state index in [0.29, 0.717) is 10.3 Å². The molecule has 1 aromatic heterocycles. The SMILES string of the molecule is CNc1cnc(C(=O)Nc2c(F)cccc2Br)cn1. The van der Waals surface area contributed by atoms with E-state index in [0.717, 1.165) is 0 Å². The molecule has 2 N–H and O–H groups in total. The molecule has 0 aliphatic heterocycles. The Morgan fingerprint density at radius 2 is 2.11 bits per heavy atom. The monoisotopic (exact) mass is 324 g/mol. The van der Waals surface area contributed by atoms with Crippen LogP contribution in [0.5, 0.6) is 0 Å². The summed E-state index contributed by atoms with van der Waals surface area (Å²) in [6, 6.07) is 4.43. The number of amides is 1. The molecule has 0 fully saturated rings. The van der Waals surface area contributed by atoms with Crippen LogP contribution in [0.4, 0.5) is 15.9 Å². The smallest absolute Gasteiger partial charge is 0.275 e. The fourth-order valence-corrected chi connectivity index (χ4v) is 1.81. The van der Waals surface area contributed by atoms with Crippen molar-refractivity contribution in [3.8, 4) is 0 Å². The number of rotatable bonds is 3. The first kappa shape index (κ1) is 13.4. The number of hydrogen-bond donors (Lipinski definition) is 2. The Morgan fingerprint density at radius 3 is 2.68 bits per heavy atom. The number of para-hydroxylation sites is 1. The van der Waals surface area contributed by atoms with Gasteiger partial charge in [-0.1, -0.05) is 6.07 Å². The number of carbonyl (C=O) groups excluding carboxylic acids is 1. The van der Waals surface area contributed by atoms with Gasteiger partial charge in [0.1, 0.15) is 17.3 Å². The summed E-state index contributed by atoms with van der Waals surface area (Å²) in [6.07, 6.45) is 2.74. The van der Waals surface area contributed by atoms with E-state index in [1.807, 2.05) is 0 Å². The maximum Gasteiger partial charge on any atom is 0.275 e. The van der Waals surface area contributed by atoms with Crippen LogP contribution in [0.2, 0.25) is 0 Å². The molecule has 7 heteroatoms. The van der Waals surface area contributed by atoms with Gasteiger partial charge in [-0.2, -0.15) is 0 Å². The molecule has 19 heavy (non-hydrogen) atoms. The second kappa shape index (κ2) is 5.75. The van der Waals surface area contributed by atoms with Gasteiger partial charge >= 0.3 is 0 Å². The molecule has 0 saturated carbocycles. The van der Waals surface area contributed by atoms with Crippen molar-refractivity contribution in [1.29, 1.82) is 0 Å². The minimum atomic E-state index is -0.527. The third-order valence-corrected chi connectivity index (χ3v) is 3.00. The van der Waals surface area contributed by atoms with Gasteiger partial charge in [0.05, 0.1) is 18.1 Å². The quantitative estimate of drug-likeness (QED) is 0.910. The predicted molar refractivity (Wildman–Crippen MR) is 73.6 cm³/mol. The van der Waals surface area contributed by atoms with E-state index in [4.69, 9.17) is 0 Å². The highest BCUT2D eigenvalue weighted by molar-refractivity contribution is 9.10. The van der Waals surface area contributed by atoms with Crippen molar-refractivity contribution in [1.82, 2.24) is 9.97 Å². The number of anilines is 2. The third kappa shape index (κ3) is 3.05. The summed E-state index contributed by atoms with van der Waals surface area (Å²) >= 11 is 3.17. The van der Waals surface area contributed by atoms with E-state index < -0.39 is 11.7 Å². The lowest BCUT2D eigenvalue weighted by atomic mass is 10.3. The summed E-state index contributed by atoms with van der Waals surface area (Å²) in [5.41, 5.74) is 0.182. The maximum atomic E-state index is 13.6. The van der Waals surface area contributed by atoms with E-state index in [9.17, 15) is 9.18 Å². The molecule has 0 radical (unpaired) electrons. The Bertz CT molecular complexity index is 583. The number of carbonyl (C=O) groups is 1. The van der Waals surface area contributed by atoms with E-state index in [2.05, 4.69) is 36.5 Å². The molecule has 2 aromatic rings. The van der Waals surface area contributed by atoms with Crippen LogP contribution < -0.4 is 10.6 Å². The summed E-state index contributed by atoms with van der Waals surface area (Å²) in [5.74, 6) is -0.507. The lowest BCUT2D eigenvalue weighted by Gasteiger charge is -2.08. The average Bonchev–Trinajstić information content (AvgIpc) is 2.43. The molecule has 0 aliphatic rings. The molecule has 0 aliphatic carbocycles. The van der Waals surface area contributed by atoms with Crippen LogP contribution in [0, 0.1) is 5.82 Å². The van der Waals surface area contributed by atoms with Crippen LogP contribution in [0.25, 0.3) is 0 Å². The van der Waals surface area contributed by atoms with Gasteiger partial charge in [0.2, 0.25) is 0 Å². The van der Waals surface area contributed by atoms with E-state index in [1.165, 1.54) is 24.5 Å². The largest absolute Gasteiger partial charge is 0.372 e. The molecule has 5 nitrogen and oxygen atoms in total. The molecule has 0 saturated heterocycles. The zero-order valence-corrected chi connectivity index (χ0v) is 11.5. The lowest BCUT2D eigenvalue weighted by molar-refractivity contribution is 0.102. The first-order valence-electron chi connectivity index (χ1n) is 5.37. The van der Waals surface area contributed by atoms with Crippen molar-refractivity contribution in [3.63, 3.8) is 0 Å². The topological polar surface area (TPSA) is 66.9 Å². The van der Waals surface area contributed by atoms with Crippen molar-refractivity contribution >= 4 is 33.3 Å². The first-order chi connectivity index (χ1) is 9.11. The minimum Gasteiger partial charge on any atom is -0.372 e. The number of nitrogens with one attached hydrogen (secondary N) is 2. The number of aromatic nitrogens is 2. The molecule has 1 aromatic carbocycles. The normalized spacial score (nSPS) is 10.1. The highest BCUT2D eigenvalue weighted by Crippen LogP contribution is 2.25. The molecular weight excluding hydrogens is 315 g/mol. The number of halogens is 2. The zero-order chi connectivity index (χ0) is 13.8. The van der Waals surface area contributed by atoms with E-state index >= 15 is 0 Å². The van der Waals surface area contributed by atoms with Crippen molar-refractivity contribution in [2.24, 2.45) is 0 Å². The minimum absolute atomic E-state index is 0.0759. The summed E-state index contributed by atoms with van der Waals surface area (Å²) in [4.78, 5) is 19.8. The fourth-order valence-electron chi connectivity index (χ4n) is 1.37. The average molecular weight is 325 g/mol. The zero-order valence-electron chi connectivity index (χ0n) is 9.95. The Kier molecular flexibility index (Phi) is 4.06. The summed E-state index contributed by atoms with van der Waals surface area (Å²) in [5, 5.41) is 5.24. The second-order valence-electron chi connectivity index (χ2n) is 3.59. The molecule has 98 valence electrons. The lowest BCUT2D eigenvalue weighted by Crippen LogP contribution is -2.15. The third-order valence-electron chi connectivity index (χ3n) is 2.34. The van der Waals surface area contributed by atoms with Crippen molar-refractivity contribution in [2.75, 3.05) is 17.7 Å². The Labute approximate surface area is 117 Å². The van der Waals surface area contributed by atoms with Crippen LogP contribution in [-0.4, -0.2) is 22.9 Å². The van der Waals surface area contributed by atoms with Gasteiger partial charge in [0.25, 0.3) is 5.91 Å². The number of benzene rings is 1. The summed E-state index contributed by atoms with van der Waals surface area (Å²) in [6.45, 7) is 0. The molecule has 0 bridgehead atoms. The highest BCUT2D eigenvalue weighted by Gasteiger charge is 2.13. The van der Waals surface area contributed by atoms with Gasteiger partial charge in [0.15, 0.2) is 0 Å². The first-order valence-corrected chi connectivity index (χ1v) is 6.16. The van der Waals surface area contributed by atoms with Crippen LogP contribution in [0.3, 0.4) is 0 Å². The maximum absolute atomic E-state index is 13.6. The molecule has 0 atom stereocenters. The molecule has 0 unspecified atom stereocenters. The standard InChI is InChI=1S/C12H10BrFN4O/c1-15-10-6-16-9(5-17-10)12(19)18-11-7(13)3-2-4-8(11)14/h2-6H,1H3,(H,15,17)(H,18,19). The molecular formula is C12H10BrFN4O. The number of nitrogens with zero attached hydrogens (tertiary/aromatic N) is 2. The van der Waals surface area contributed by atoms with Gasteiger partial charge in [-0.3, -0.25) is 4.79 Å². The van der Waals surface area contributed by atoms with E-state index in [1.54, 1.807) is 13.1 Å². The van der Waals surface area contributed by atoms with E-state index in [-0.39, 0.29) is 11.4 Å². The predicted octanol–water partition coefficient (Wildman–Crippen LogP) is 2.67. The van der Waals surface area contributed by atoms with Crippen molar-refractivity contribution in [3.05, 3.63) is 46.6 Å². The van der Waals surface area contributed by atoms with Crippen LogP contribution in [-0.2, 0) is 0 Å². The second-order valence-corrected chi connectivity index (χ2v) is 4.44. The van der Waals surface area contributed by atoms with Crippen LogP contribution >= 0.6 is 15.9 Å².